The highest BCUT2D eigenvalue weighted by Crippen LogP contribution is 2.24. The van der Waals surface area contributed by atoms with Gasteiger partial charge in [-0.15, -0.1) is 5.10 Å². The predicted octanol–water partition coefficient (Wildman–Crippen LogP) is 1.96. The second-order valence-electron chi connectivity index (χ2n) is 6.48. The van der Waals surface area contributed by atoms with Crippen LogP contribution in [0.5, 0.6) is 0 Å². The van der Waals surface area contributed by atoms with Crippen molar-refractivity contribution in [1.29, 1.82) is 0 Å². The van der Waals surface area contributed by atoms with Crippen LogP contribution in [0, 0.1) is 10.1 Å². The average molecular weight is 433 g/mol. The Balaban J connectivity index is 1.68. The van der Waals surface area contributed by atoms with Crippen LogP contribution in [0.4, 0.5) is 11.5 Å². The number of hydrogen-bond acceptors (Lipinski definition) is 10. The third-order valence-electron chi connectivity index (χ3n) is 4.45. The topological polar surface area (TPSA) is 180 Å². The van der Waals surface area contributed by atoms with E-state index in [-0.39, 0.29) is 28.7 Å². The molecule has 0 bridgehead atoms. The van der Waals surface area contributed by atoms with Gasteiger partial charge in [0.05, 0.1) is 10.6 Å². The maximum absolute atomic E-state index is 13.1. The minimum atomic E-state index is -0.641. The SMILES string of the molecule is C/C(=N\NC(=O)c1c(-c2ccccc2)nnn1-c1nonc1N)c1ccc([N+](=O)[O-])cc1. The lowest BCUT2D eigenvalue weighted by atomic mass is 10.1. The number of aromatic nitrogens is 5. The number of carbonyl (C=O) groups is 1. The quantitative estimate of drug-likeness (QED) is 0.261. The van der Waals surface area contributed by atoms with Crippen molar-refractivity contribution < 1.29 is 14.3 Å². The number of nitro groups is 1. The number of carbonyl (C=O) groups excluding carboxylic acids is 1. The van der Waals surface area contributed by atoms with Crippen LogP contribution in [0.2, 0.25) is 0 Å². The molecule has 0 unspecified atom stereocenters. The van der Waals surface area contributed by atoms with E-state index in [0.717, 1.165) is 4.68 Å². The first-order valence-corrected chi connectivity index (χ1v) is 9.14. The Labute approximate surface area is 179 Å². The molecule has 0 aliphatic carbocycles. The van der Waals surface area contributed by atoms with Gasteiger partial charge in [-0.25, -0.2) is 10.1 Å². The minimum absolute atomic E-state index is 0.000835. The molecule has 0 spiro atoms. The highest BCUT2D eigenvalue weighted by Gasteiger charge is 2.26. The largest absolute Gasteiger partial charge is 0.378 e. The Kier molecular flexibility index (Phi) is 5.36. The molecule has 0 saturated heterocycles. The molecule has 13 heteroatoms. The summed E-state index contributed by atoms with van der Waals surface area (Å²) < 4.78 is 5.72. The Morgan fingerprint density at radius 2 is 1.88 bits per heavy atom. The van der Waals surface area contributed by atoms with Crippen molar-refractivity contribution in [3.05, 3.63) is 76.0 Å². The van der Waals surface area contributed by atoms with Gasteiger partial charge in [-0.2, -0.15) is 9.78 Å². The molecule has 1 amide bonds. The number of non-ortho nitro benzene ring substituents is 1. The number of nitrogens with zero attached hydrogens (tertiary/aromatic N) is 7. The molecule has 2 heterocycles. The van der Waals surface area contributed by atoms with Gasteiger partial charge in [0.25, 0.3) is 11.6 Å². The molecule has 4 aromatic rings. The summed E-state index contributed by atoms with van der Waals surface area (Å²) in [6, 6.07) is 14.7. The monoisotopic (exact) mass is 433 g/mol. The summed E-state index contributed by atoms with van der Waals surface area (Å²) in [6.45, 7) is 1.65. The van der Waals surface area contributed by atoms with Gasteiger partial charge >= 0.3 is 0 Å². The molecule has 2 aromatic carbocycles. The summed E-state index contributed by atoms with van der Waals surface area (Å²) in [6.07, 6.45) is 0. The van der Waals surface area contributed by atoms with Crippen molar-refractivity contribution in [2.75, 3.05) is 5.73 Å². The van der Waals surface area contributed by atoms with Crippen LogP contribution < -0.4 is 11.2 Å². The van der Waals surface area contributed by atoms with E-state index >= 15 is 0 Å². The Hall–Kier alpha value is -4.94. The highest BCUT2D eigenvalue weighted by molar-refractivity contribution is 6.02. The maximum Gasteiger partial charge on any atom is 0.292 e. The molecule has 13 nitrogen and oxygen atoms in total. The lowest BCUT2D eigenvalue weighted by molar-refractivity contribution is -0.384. The molecule has 2 aromatic heterocycles. The van der Waals surface area contributed by atoms with Crippen LogP contribution in [0.25, 0.3) is 17.1 Å². The van der Waals surface area contributed by atoms with E-state index in [0.29, 0.717) is 16.8 Å². The van der Waals surface area contributed by atoms with Crippen LogP contribution in [0.3, 0.4) is 0 Å². The molecule has 3 N–H and O–H groups in total. The first-order valence-electron chi connectivity index (χ1n) is 9.14. The summed E-state index contributed by atoms with van der Waals surface area (Å²) in [5, 5.41) is 30.2. The smallest absolute Gasteiger partial charge is 0.292 e. The molecule has 0 atom stereocenters. The van der Waals surface area contributed by atoms with Crippen LogP contribution in [-0.4, -0.2) is 41.8 Å². The van der Waals surface area contributed by atoms with Crippen LogP contribution in [0.1, 0.15) is 23.0 Å². The van der Waals surface area contributed by atoms with E-state index in [2.05, 4.69) is 35.8 Å². The van der Waals surface area contributed by atoms with Crippen molar-refractivity contribution >= 4 is 23.1 Å². The van der Waals surface area contributed by atoms with E-state index in [1.165, 1.54) is 24.3 Å². The summed E-state index contributed by atoms with van der Waals surface area (Å²) in [4.78, 5) is 23.4. The summed E-state index contributed by atoms with van der Waals surface area (Å²) >= 11 is 0. The number of benzene rings is 2. The fourth-order valence-electron chi connectivity index (χ4n) is 2.84. The zero-order chi connectivity index (χ0) is 22.7. The van der Waals surface area contributed by atoms with Crippen LogP contribution >= 0.6 is 0 Å². The van der Waals surface area contributed by atoms with Crippen LogP contribution in [0.15, 0.2) is 64.3 Å². The molecular formula is C19H15N9O4. The Morgan fingerprint density at radius 1 is 1.16 bits per heavy atom. The molecule has 0 fully saturated rings. The van der Waals surface area contributed by atoms with E-state index < -0.39 is 10.8 Å². The van der Waals surface area contributed by atoms with Crippen molar-refractivity contribution in [2.45, 2.75) is 6.92 Å². The van der Waals surface area contributed by atoms with Crippen LogP contribution in [-0.2, 0) is 0 Å². The van der Waals surface area contributed by atoms with Crippen molar-refractivity contribution in [3.8, 4) is 17.1 Å². The second kappa shape index (κ2) is 8.43. The van der Waals surface area contributed by atoms with E-state index in [1.807, 2.05) is 6.07 Å². The predicted molar refractivity (Wildman–Crippen MR) is 112 cm³/mol. The number of nitro benzene ring substituents is 1. The first-order chi connectivity index (χ1) is 15.5. The molecular weight excluding hydrogens is 418 g/mol. The molecule has 32 heavy (non-hydrogen) atoms. The zero-order valence-corrected chi connectivity index (χ0v) is 16.5. The molecule has 0 saturated carbocycles. The number of hydrogen-bond donors (Lipinski definition) is 2. The summed E-state index contributed by atoms with van der Waals surface area (Å²) in [5.41, 5.74) is 10.1. The fraction of sp³-hybridized carbons (Fsp3) is 0.0526. The molecule has 0 aliphatic rings. The van der Waals surface area contributed by atoms with Gasteiger partial charge in [0.15, 0.2) is 5.69 Å². The van der Waals surface area contributed by atoms with Gasteiger partial charge in [0.2, 0.25) is 11.6 Å². The molecule has 0 radical (unpaired) electrons. The number of nitrogen functional groups attached to an aromatic ring is 1. The van der Waals surface area contributed by atoms with Gasteiger partial charge in [0.1, 0.15) is 5.69 Å². The minimum Gasteiger partial charge on any atom is -0.378 e. The van der Waals surface area contributed by atoms with Crippen molar-refractivity contribution in [2.24, 2.45) is 5.10 Å². The number of hydrazone groups is 1. The lowest BCUT2D eigenvalue weighted by Crippen LogP contribution is -2.23. The first kappa shape index (κ1) is 20.3. The van der Waals surface area contributed by atoms with Gasteiger partial charge in [0, 0.05) is 17.7 Å². The Bertz CT molecular complexity index is 1310. The normalized spacial score (nSPS) is 11.3. The lowest BCUT2D eigenvalue weighted by Gasteiger charge is -2.06. The van der Waals surface area contributed by atoms with Crippen molar-refractivity contribution in [1.82, 2.24) is 30.7 Å². The molecule has 160 valence electrons. The second-order valence-corrected chi connectivity index (χ2v) is 6.48. The average Bonchev–Trinajstić information content (AvgIpc) is 3.43. The fourth-order valence-corrected chi connectivity index (χ4v) is 2.84. The summed E-state index contributed by atoms with van der Waals surface area (Å²) in [5.74, 6) is -0.715. The third kappa shape index (κ3) is 3.89. The van der Waals surface area contributed by atoms with E-state index in [9.17, 15) is 14.9 Å². The number of rotatable bonds is 6. The molecule has 4 rings (SSSR count). The number of amides is 1. The Morgan fingerprint density at radius 3 is 2.50 bits per heavy atom. The summed E-state index contributed by atoms with van der Waals surface area (Å²) in [7, 11) is 0. The van der Waals surface area contributed by atoms with E-state index in [1.54, 1.807) is 31.2 Å². The standard InChI is InChI=1S/C19H15N9O4/c1-11(12-7-9-14(10-8-12)28(30)31)21-23-19(29)16-15(13-5-3-2-4-6-13)22-26-27(16)18-17(20)24-32-25-18/h2-10H,1H3,(H2,20,24)(H,23,29)/b21-11+. The zero-order valence-electron chi connectivity index (χ0n) is 16.5. The molecule has 0 aliphatic heterocycles. The number of nitrogens with two attached hydrogens (primary N) is 1. The van der Waals surface area contributed by atoms with Gasteiger partial charge in [-0.3, -0.25) is 14.9 Å². The van der Waals surface area contributed by atoms with Gasteiger partial charge < -0.3 is 5.73 Å². The number of anilines is 1. The number of nitrogens with one attached hydrogen (secondary N) is 1. The highest BCUT2D eigenvalue weighted by atomic mass is 16.6. The van der Waals surface area contributed by atoms with Crippen molar-refractivity contribution in [3.63, 3.8) is 0 Å². The third-order valence-corrected chi connectivity index (χ3v) is 4.45. The maximum atomic E-state index is 13.1. The van der Waals surface area contributed by atoms with Gasteiger partial charge in [-0.05, 0) is 34.9 Å². The van der Waals surface area contributed by atoms with E-state index in [4.69, 9.17) is 5.73 Å². The van der Waals surface area contributed by atoms with Gasteiger partial charge in [-0.1, -0.05) is 35.5 Å².